The number of ketones is 1. The van der Waals surface area contributed by atoms with E-state index >= 15 is 0 Å². The molecule has 0 aromatic carbocycles. The van der Waals surface area contributed by atoms with E-state index in [1.165, 1.54) is 14.2 Å². The molecule has 4 rings (SSSR count). The smallest absolute Gasteiger partial charge is 0.469 e. The molecule has 8 atom stereocenters. The topological polar surface area (TPSA) is 99.1 Å². The first-order chi connectivity index (χ1) is 14.2. The summed E-state index contributed by atoms with van der Waals surface area (Å²) >= 11 is 0. The van der Waals surface area contributed by atoms with E-state index in [1.54, 1.807) is 0 Å². The second-order valence-electron chi connectivity index (χ2n) is 9.96. The van der Waals surface area contributed by atoms with E-state index in [0.717, 1.165) is 18.4 Å². The molecule has 0 heterocycles. The molecular formula is C23H32O7. The van der Waals surface area contributed by atoms with E-state index in [0.29, 0.717) is 25.7 Å². The van der Waals surface area contributed by atoms with Gasteiger partial charge in [-0.1, -0.05) is 25.5 Å². The van der Waals surface area contributed by atoms with E-state index in [9.17, 15) is 19.5 Å². The van der Waals surface area contributed by atoms with Gasteiger partial charge in [-0.15, -0.1) is 0 Å². The molecule has 0 bridgehead atoms. The quantitative estimate of drug-likeness (QED) is 0.541. The number of ether oxygens (including phenoxy) is 3. The average Bonchev–Trinajstić information content (AvgIpc) is 3.00. The predicted molar refractivity (Wildman–Crippen MR) is 106 cm³/mol. The Hall–Kier alpha value is -1.89. The van der Waals surface area contributed by atoms with Gasteiger partial charge in [0.15, 0.2) is 0 Å². The highest BCUT2D eigenvalue weighted by Crippen LogP contribution is 2.65. The fourth-order valence-electron chi connectivity index (χ4n) is 7.19. The van der Waals surface area contributed by atoms with Crippen LogP contribution >= 0.6 is 0 Å². The number of methoxy groups -OCH3 is 2. The second kappa shape index (κ2) is 7.36. The Bertz CT molecular complexity index is 788. The summed E-state index contributed by atoms with van der Waals surface area (Å²) in [5.41, 5.74) is 0.142. The Morgan fingerprint density at radius 3 is 2.53 bits per heavy atom. The number of carbonyl (C=O) groups is 3. The van der Waals surface area contributed by atoms with Crippen molar-refractivity contribution in [1.82, 2.24) is 0 Å². The lowest BCUT2D eigenvalue weighted by atomic mass is 9.45. The third kappa shape index (κ3) is 3.00. The Balaban J connectivity index is 1.75. The summed E-state index contributed by atoms with van der Waals surface area (Å²) in [4.78, 5) is 37.2. The molecule has 7 nitrogen and oxygen atoms in total. The largest absolute Gasteiger partial charge is 0.508 e. The summed E-state index contributed by atoms with van der Waals surface area (Å²) in [6, 6.07) is 0. The molecule has 166 valence electrons. The highest BCUT2D eigenvalue weighted by Gasteiger charge is 2.64. The summed E-state index contributed by atoms with van der Waals surface area (Å²) in [6.07, 6.45) is 3.92. The number of Topliss-reactive ketones (excluding diaryl/α,β-unsaturated/α-hetero) is 1. The van der Waals surface area contributed by atoms with Crippen LogP contribution in [-0.2, 0) is 23.8 Å². The number of esters is 1. The fraction of sp³-hybridized carbons (Fsp3) is 0.783. The molecule has 0 radical (unpaired) electrons. The minimum atomic E-state index is -0.708. The van der Waals surface area contributed by atoms with Gasteiger partial charge in [0.1, 0.15) is 11.9 Å². The number of hydrogen-bond acceptors (Lipinski definition) is 7. The Kier molecular flexibility index (Phi) is 5.24. The highest BCUT2D eigenvalue weighted by molar-refractivity contribution is 5.87. The van der Waals surface area contributed by atoms with Gasteiger partial charge in [0, 0.05) is 18.3 Å². The summed E-state index contributed by atoms with van der Waals surface area (Å²) in [7, 11) is 2.66. The van der Waals surface area contributed by atoms with Gasteiger partial charge in [0.2, 0.25) is 0 Å². The monoisotopic (exact) mass is 420 g/mol. The minimum absolute atomic E-state index is 0.0566. The zero-order valence-electron chi connectivity index (χ0n) is 18.2. The van der Waals surface area contributed by atoms with Crippen LogP contribution in [0.5, 0.6) is 0 Å². The third-order valence-electron chi connectivity index (χ3n) is 8.67. The van der Waals surface area contributed by atoms with Gasteiger partial charge in [-0.05, 0) is 48.9 Å². The zero-order chi connectivity index (χ0) is 21.8. The van der Waals surface area contributed by atoms with Crippen LogP contribution < -0.4 is 0 Å². The van der Waals surface area contributed by atoms with Gasteiger partial charge in [0.05, 0.1) is 26.2 Å². The lowest BCUT2D eigenvalue weighted by Crippen LogP contribution is -2.59. The number of rotatable bonds is 2. The lowest BCUT2D eigenvalue weighted by molar-refractivity contribution is -0.166. The standard InChI is InChI=1S/C23H32O7/c1-22-8-7-13(30-21(27)29-4)9-12(22)10-14(20(26)28-3)18-15-5-6-17(25)23(15,2)11-16(24)19(18)22/h10,13-16,18-19,24H,5-9,11H2,1-4H3/t13-,14+,15-,16?,18-,19?,22-,23-/m0/s1. The number of aliphatic hydroxyl groups excluding tert-OH is 1. The molecule has 4 aliphatic rings. The third-order valence-corrected chi connectivity index (χ3v) is 8.67. The number of fused-ring (bicyclic) bond motifs is 5. The molecule has 0 aromatic heterocycles. The molecule has 0 aromatic rings. The molecule has 4 aliphatic carbocycles. The highest BCUT2D eigenvalue weighted by atomic mass is 16.7. The van der Waals surface area contributed by atoms with Crippen molar-refractivity contribution >= 4 is 17.9 Å². The summed E-state index contributed by atoms with van der Waals surface area (Å²) < 4.78 is 15.2. The maximum Gasteiger partial charge on any atom is 0.508 e. The van der Waals surface area contributed by atoms with Crippen molar-refractivity contribution in [2.45, 2.75) is 64.6 Å². The zero-order valence-corrected chi connectivity index (χ0v) is 18.2. The summed E-state index contributed by atoms with van der Waals surface area (Å²) in [5, 5.41) is 11.3. The van der Waals surface area contributed by atoms with Crippen LogP contribution in [0.1, 0.15) is 52.4 Å². The van der Waals surface area contributed by atoms with E-state index in [-0.39, 0.29) is 41.0 Å². The van der Waals surface area contributed by atoms with Crippen molar-refractivity contribution in [2.24, 2.45) is 34.5 Å². The predicted octanol–water partition coefficient (Wildman–Crippen LogP) is 3.04. The van der Waals surface area contributed by atoms with Crippen LogP contribution in [-0.4, -0.2) is 49.4 Å². The molecule has 3 saturated carbocycles. The van der Waals surface area contributed by atoms with Crippen LogP contribution in [0.15, 0.2) is 11.6 Å². The van der Waals surface area contributed by atoms with Gasteiger partial charge >= 0.3 is 12.1 Å². The van der Waals surface area contributed by atoms with E-state index in [4.69, 9.17) is 9.47 Å². The van der Waals surface area contributed by atoms with Crippen LogP contribution in [0.4, 0.5) is 4.79 Å². The SMILES string of the molecule is COC(=O)O[C@H]1CC[C@@]2(C)C(=C[C@@H](C(=O)OC)[C@@H]3C2C(O)C[C@]2(C)C(=O)CC[C@@H]32)C1. The van der Waals surface area contributed by atoms with Crippen molar-refractivity contribution in [3.8, 4) is 0 Å². The van der Waals surface area contributed by atoms with Crippen molar-refractivity contribution in [3.63, 3.8) is 0 Å². The molecule has 7 heteroatoms. The summed E-state index contributed by atoms with van der Waals surface area (Å²) in [6.45, 7) is 4.12. The summed E-state index contributed by atoms with van der Waals surface area (Å²) in [5.74, 6) is -0.851. The van der Waals surface area contributed by atoms with E-state index in [2.05, 4.69) is 11.7 Å². The number of aliphatic hydroxyl groups is 1. The molecule has 0 saturated heterocycles. The lowest BCUT2D eigenvalue weighted by Gasteiger charge is -2.59. The van der Waals surface area contributed by atoms with Gasteiger partial charge in [-0.25, -0.2) is 4.79 Å². The molecule has 0 amide bonds. The Labute approximate surface area is 177 Å². The normalized spacial score (nSPS) is 44.8. The van der Waals surface area contributed by atoms with E-state index in [1.807, 2.05) is 13.0 Å². The Morgan fingerprint density at radius 2 is 1.87 bits per heavy atom. The van der Waals surface area contributed by atoms with Crippen LogP contribution in [0.3, 0.4) is 0 Å². The first-order valence-electron chi connectivity index (χ1n) is 10.9. The average molecular weight is 421 g/mol. The van der Waals surface area contributed by atoms with Crippen molar-refractivity contribution in [3.05, 3.63) is 11.6 Å². The molecule has 1 N–H and O–H groups in total. The second-order valence-corrected chi connectivity index (χ2v) is 9.96. The molecular weight excluding hydrogens is 388 g/mol. The maximum absolute atomic E-state index is 12.8. The Morgan fingerprint density at radius 1 is 1.13 bits per heavy atom. The van der Waals surface area contributed by atoms with Gasteiger partial charge in [0.25, 0.3) is 0 Å². The first-order valence-corrected chi connectivity index (χ1v) is 10.9. The van der Waals surface area contributed by atoms with Crippen LogP contribution in [0, 0.1) is 34.5 Å². The number of hydrogen-bond donors (Lipinski definition) is 1. The van der Waals surface area contributed by atoms with Crippen molar-refractivity contribution in [2.75, 3.05) is 14.2 Å². The van der Waals surface area contributed by atoms with Crippen LogP contribution in [0.25, 0.3) is 0 Å². The van der Waals surface area contributed by atoms with Crippen molar-refractivity contribution < 1.29 is 33.7 Å². The van der Waals surface area contributed by atoms with E-state index < -0.39 is 23.6 Å². The molecule has 0 aliphatic heterocycles. The molecule has 3 fully saturated rings. The van der Waals surface area contributed by atoms with Gasteiger partial charge < -0.3 is 19.3 Å². The first kappa shape index (κ1) is 21.3. The minimum Gasteiger partial charge on any atom is -0.469 e. The van der Waals surface area contributed by atoms with Gasteiger partial charge in [-0.3, -0.25) is 9.59 Å². The molecule has 2 unspecified atom stereocenters. The van der Waals surface area contributed by atoms with Crippen LogP contribution in [0.2, 0.25) is 0 Å². The van der Waals surface area contributed by atoms with Crippen molar-refractivity contribution in [1.29, 1.82) is 0 Å². The fourth-order valence-corrected chi connectivity index (χ4v) is 7.19. The molecule has 0 spiro atoms. The number of carbonyl (C=O) groups excluding carboxylic acids is 3. The maximum atomic E-state index is 12.8. The molecule has 30 heavy (non-hydrogen) atoms. The van der Waals surface area contributed by atoms with Gasteiger partial charge in [-0.2, -0.15) is 0 Å².